The van der Waals surface area contributed by atoms with E-state index >= 15 is 0 Å². The third kappa shape index (κ3) is 2.15. The van der Waals surface area contributed by atoms with Crippen molar-refractivity contribution in [3.63, 3.8) is 0 Å². The van der Waals surface area contributed by atoms with E-state index in [1.807, 2.05) is 25.2 Å². The van der Waals surface area contributed by atoms with Crippen LogP contribution in [0.2, 0.25) is 0 Å². The second kappa shape index (κ2) is 4.75. The molecule has 1 unspecified atom stereocenters. The van der Waals surface area contributed by atoms with E-state index in [-0.39, 0.29) is 6.04 Å². The molecule has 0 saturated heterocycles. The summed E-state index contributed by atoms with van der Waals surface area (Å²) in [6.07, 6.45) is 0. The summed E-state index contributed by atoms with van der Waals surface area (Å²) in [5.41, 5.74) is 8.24. The van der Waals surface area contributed by atoms with Crippen LogP contribution in [0.3, 0.4) is 0 Å². The zero-order valence-electron chi connectivity index (χ0n) is 10.4. The third-order valence-electron chi connectivity index (χ3n) is 3.25. The number of hydrogen-bond acceptors (Lipinski definition) is 3. The van der Waals surface area contributed by atoms with Gasteiger partial charge >= 0.3 is 0 Å². The first-order chi connectivity index (χ1) is 9.16. The highest BCUT2D eigenvalue weighted by atomic mass is 79.9. The summed E-state index contributed by atoms with van der Waals surface area (Å²) in [6.45, 7) is 0. The van der Waals surface area contributed by atoms with Crippen molar-refractivity contribution in [3.05, 3.63) is 58.3 Å². The number of nitrogens with two attached hydrogens (primary N) is 1. The van der Waals surface area contributed by atoms with Crippen LogP contribution in [0.15, 0.2) is 47.1 Å². The van der Waals surface area contributed by atoms with Crippen molar-refractivity contribution in [2.45, 2.75) is 6.04 Å². The lowest BCUT2D eigenvalue weighted by Crippen LogP contribution is -2.16. The number of nitrogens with zero attached hydrogens (tertiary/aromatic N) is 3. The normalized spacial score (nSPS) is 12.8. The molecule has 96 valence electrons. The SMILES string of the molecule is Cn1nnc(Br)c1C(N)c1ccc2ccccc2c1. The van der Waals surface area contributed by atoms with Gasteiger partial charge in [-0.05, 0) is 38.3 Å². The second-order valence-electron chi connectivity index (χ2n) is 4.47. The zero-order valence-corrected chi connectivity index (χ0v) is 12.0. The molecule has 1 atom stereocenters. The first-order valence-electron chi connectivity index (χ1n) is 5.96. The van der Waals surface area contributed by atoms with Gasteiger partial charge in [0.05, 0.1) is 11.7 Å². The van der Waals surface area contributed by atoms with Gasteiger partial charge in [0.2, 0.25) is 0 Å². The molecule has 2 N–H and O–H groups in total. The van der Waals surface area contributed by atoms with Crippen molar-refractivity contribution in [2.24, 2.45) is 12.8 Å². The van der Waals surface area contributed by atoms with E-state index in [1.165, 1.54) is 10.8 Å². The van der Waals surface area contributed by atoms with Crippen molar-refractivity contribution in [3.8, 4) is 0 Å². The van der Waals surface area contributed by atoms with Gasteiger partial charge in [-0.15, -0.1) is 5.10 Å². The van der Waals surface area contributed by atoms with Crippen LogP contribution in [-0.4, -0.2) is 15.0 Å². The average Bonchev–Trinajstić information content (AvgIpc) is 2.77. The van der Waals surface area contributed by atoms with E-state index in [0.29, 0.717) is 4.60 Å². The van der Waals surface area contributed by atoms with Crippen molar-refractivity contribution in [1.82, 2.24) is 15.0 Å². The molecule has 0 spiro atoms. The standard InChI is InChI=1S/C14H13BrN4/c1-19-13(14(15)17-18-19)12(16)11-7-6-9-4-2-3-5-10(9)8-11/h2-8,12H,16H2,1H3. The molecule has 0 saturated carbocycles. The number of rotatable bonds is 2. The highest BCUT2D eigenvalue weighted by Gasteiger charge is 2.18. The molecule has 0 aliphatic carbocycles. The summed E-state index contributed by atoms with van der Waals surface area (Å²) in [4.78, 5) is 0. The quantitative estimate of drug-likeness (QED) is 0.791. The molecule has 4 nitrogen and oxygen atoms in total. The molecule has 0 amide bonds. The Labute approximate surface area is 119 Å². The molecule has 5 heteroatoms. The molecule has 2 aromatic carbocycles. The number of fused-ring (bicyclic) bond motifs is 1. The number of aromatic nitrogens is 3. The van der Waals surface area contributed by atoms with Crippen molar-refractivity contribution in [1.29, 1.82) is 0 Å². The molecule has 0 aliphatic rings. The van der Waals surface area contributed by atoms with E-state index in [4.69, 9.17) is 5.73 Å². The van der Waals surface area contributed by atoms with Gasteiger partial charge in [0.25, 0.3) is 0 Å². The second-order valence-corrected chi connectivity index (χ2v) is 5.22. The largest absolute Gasteiger partial charge is 0.319 e. The Balaban J connectivity index is 2.09. The highest BCUT2D eigenvalue weighted by Crippen LogP contribution is 2.26. The van der Waals surface area contributed by atoms with Gasteiger partial charge < -0.3 is 5.73 Å². The summed E-state index contributed by atoms with van der Waals surface area (Å²) in [6, 6.07) is 14.2. The summed E-state index contributed by atoms with van der Waals surface area (Å²) >= 11 is 3.39. The Morgan fingerprint density at radius 2 is 1.89 bits per heavy atom. The van der Waals surface area contributed by atoms with Crippen LogP contribution in [0.5, 0.6) is 0 Å². The summed E-state index contributed by atoms with van der Waals surface area (Å²) in [5.74, 6) is 0. The third-order valence-corrected chi connectivity index (χ3v) is 3.82. The summed E-state index contributed by atoms with van der Waals surface area (Å²) < 4.78 is 2.39. The molecular weight excluding hydrogens is 304 g/mol. The molecule has 0 radical (unpaired) electrons. The van der Waals surface area contributed by atoms with E-state index in [9.17, 15) is 0 Å². The Morgan fingerprint density at radius 3 is 2.58 bits per heavy atom. The van der Waals surface area contributed by atoms with E-state index in [0.717, 1.165) is 11.3 Å². The molecule has 0 aliphatic heterocycles. The van der Waals surface area contributed by atoms with Gasteiger partial charge in [-0.2, -0.15) is 0 Å². The topological polar surface area (TPSA) is 56.7 Å². The molecule has 1 heterocycles. The minimum Gasteiger partial charge on any atom is -0.319 e. The smallest absolute Gasteiger partial charge is 0.153 e. The molecule has 19 heavy (non-hydrogen) atoms. The maximum Gasteiger partial charge on any atom is 0.153 e. The Bertz CT molecular complexity index is 716. The molecule has 0 bridgehead atoms. The van der Waals surface area contributed by atoms with Crippen LogP contribution in [0, 0.1) is 0 Å². The lowest BCUT2D eigenvalue weighted by Gasteiger charge is -2.13. The maximum absolute atomic E-state index is 6.32. The van der Waals surface area contributed by atoms with Crippen LogP contribution in [-0.2, 0) is 7.05 Å². The highest BCUT2D eigenvalue weighted by molar-refractivity contribution is 9.10. The average molecular weight is 317 g/mol. The van der Waals surface area contributed by atoms with Crippen molar-refractivity contribution < 1.29 is 0 Å². The number of halogens is 1. The Hall–Kier alpha value is -1.72. The van der Waals surface area contributed by atoms with Crippen molar-refractivity contribution >= 4 is 26.7 Å². The fourth-order valence-electron chi connectivity index (χ4n) is 2.23. The number of hydrogen-bond donors (Lipinski definition) is 1. The van der Waals surface area contributed by atoms with E-state index in [2.05, 4.69) is 50.5 Å². The zero-order chi connectivity index (χ0) is 13.4. The van der Waals surface area contributed by atoms with Crippen LogP contribution in [0.4, 0.5) is 0 Å². The van der Waals surface area contributed by atoms with Crippen LogP contribution >= 0.6 is 15.9 Å². The predicted octanol–water partition coefficient (Wildman–Crippen LogP) is 2.78. The molecular formula is C14H13BrN4. The van der Waals surface area contributed by atoms with Gasteiger partial charge in [-0.3, -0.25) is 0 Å². The van der Waals surface area contributed by atoms with Gasteiger partial charge in [-0.1, -0.05) is 41.6 Å². The minimum absolute atomic E-state index is 0.251. The van der Waals surface area contributed by atoms with E-state index < -0.39 is 0 Å². The van der Waals surface area contributed by atoms with Gasteiger partial charge in [0.15, 0.2) is 4.60 Å². The Kier molecular flexibility index (Phi) is 3.08. The number of aryl methyl sites for hydroxylation is 1. The first-order valence-corrected chi connectivity index (χ1v) is 6.75. The maximum atomic E-state index is 6.32. The fraction of sp³-hybridized carbons (Fsp3) is 0.143. The fourth-order valence-corrected chi connectivity index (χ4v) is 2.80. The van der Waals surface area contributed by atoms with Crippen LogP contribution in [0.1, 0.15) is 17.3 Å². The number of benzene rings is 2. The summed E-state index contributed by atoms with van der Waals surface area (Å²) in [7, 11) is 1.84. The lowest BCUT2D eigenvalue weighted by atomic mass is 10.0. The summed E-state index contributed by atoms with van der Waals surface area (Å²) in [5, 5.41) is 10.3. The monoisotopic (exact) mass is 316 g/mol. The molecule has 1 aromatic heterocycles. The molecule has 3 rings (SSSR count). The van der Waals surface area contributed by atoms with Crippen LogP contribution < -0.4 is 5.73 Å². The van der Waals surface area contributed by atoms with Gasteiger partial charge in [0.1, 0.15) is 0 Å². The van der Waals surface area contributed by atoms with Gasteiger partial charge in [0, 0.05) is 7.05 Å². The Morgan fingerprint density at radius 1 is 1.16 bits per heavy atom. The van der Waals surface area contributed by atoms with Crippen molar-refractivity contribution in [2.75, 3.05) is 0 Å². The first kappa shape index (κ1) is 12.3. The van der Waals surface area contributed by atoms with Gasteiger partial charge in [-0.25, -0.2) is 4.68 Å². The van der Waals surface area contributed by atoms with E-state index in [1.54, 1.807) is 4.68 Å². The molecule has 0 fully saturated rings. The molecule has 3 aromatic rings. The predicted molar refractivity (Wildman–Crippen MR) is 78.7 cm³/mol. The lowest BCUT2D eigenvalue weighted by molar-refractivity contribution is 0.651. The minimum atomic E-state index is -0.251. The van der Waals surface area contributed by atoms with Crippen LogP contribution in [0.25, 0.3) is 10.8 Å².